The highest BCUT2D eigenvalue weighted by Crippen LogP contribution is 2.22. The van der Waals surface area contributed by atoms with Crippen LogP contribution in [0.1, 0.15) is 12.0 Å². The van der Waals surface area contributed by atoms with E-state index in [9.17, 15) is 0 Å². The molecule has 0 saturated carbocycles. The minimum absolute atomic E-state index is 0.942. The molecular formula is C10H9NS. The van der Waals surface area contributed by atoms with Gasteiger partial charge < -0.3 is 0 Å². The van der Waals surface area contributed by atoms with Gasteiger partial charge in [0.05, 0.1) is 0 Å². The molecule has 1 aromatic rings. The Kier molecular flexibility index (Phi) is 2.00. The van der Waals surface area contributed by atoms with Crippen LogP contribution in [0.25, 0.3) is 5.57 Å². The molecule has 1 aromatic carbocycles. The molecule has 1 heterocycles. The summed E-state index contributed by atoms with van der Waals surface area (Å²) in [7, 11) is 0. The van der Waals surface area contributed by atoms with Gasteiger partial charge in [-0.05, 0) is 23.3 Å². The van der Waals surface area contributed by atoms with Gasteiger partial charge in [-0.25, -0.2) is 0 Å². The van der Waals surface area contributed by atoms with E-state index in [-0.39, 0.29) is 0 Å². The zero-order valence-corrected chi connectivity index (χ0v) is 7.46. The van der Waals surface area contributed by atoms with Gasteiger partial charge in [-0.1, -0.05) is 12.1 Å². The average Bonchev–Trinajstić information content (AvgIpc) is 2.56. The van der Waals surface area contributed by atoms with E-state index in [0.717, 1.165) is 11.3 Å². The first kappa shape index (κ1) is 7.62. The lowest BCUT2D eigenvalue weighted by Crippen LogP contribution is -1.81. The Bertz CT molecular complexity index is 353. The van der Waals surface area contributed by atoms with E-state index in [1.54, 1.807) is 0 Å². The summed E-state index contributed by atoms with van der Waals surface area (Å²) in [5.41, 5.74) is 2.49. The largest absolute Gasteiger partial charge is 0.268 e. The van der Waals surface area contributed by atoms with E-state index >= 15 is 0 Å². The molecular weight excluding hydrogens is 166 g/mol. The van der Waals surface area contributed by atoms with Crippen LogP contribution in [0.15, 0.2) is 40.4 Å². The number of hydrogen-bond acceptors (Lipinski definition) is 2. The van der Waals surface area contributed by atoms with Gasteiger partial charge in [0, 0.05) is 23.7 Å². The average molecular weight is 175 g/mol. The van der Waals surface area contributed by atoms with Crippen molar-refractivity contribution in [2.75, 3.05) is 0 Å². The highest BCUT2D eigenvalue weighted by atomic mass is 32.1. The molecule has 0 radical (unpaired) electrons. The van der Waals surface area contributed by atoms with Gasteiger partial charge in [0.1, 0.15) is 0 Å². The molecule has 0 spiro atoms. The molecule has 0 aliphatic carbocycles. The van der Waals surface area contributed by atoms with Crippen LogP contribution in [0.5, 0.6) is 0 Å². The Morgan fingerprint density at radius 3 is 2.92 bits per heavy atom. The Morgan fingerprint density at radius 1 is 1.33 bits per heavy atom. The van der Waals surface area contributed by atoms with Crippen molar-refractivity contribution >= 4 is 24.4 Å². The van der Waals surface area contributed by atoms with Crippen LogP contribution in [-0.4, -0.2) is 6.21 Å². The molecule has 60 valence electrons. The molecule has 2 rings (SSSR count). The number of allylic oxidation sites excluding steroid dienone is 1. The molecule has 1 nitrogen and oxygen atoms in total. The number of nitrogens with zero attached hydrogens (tertiary/aromatic N) is 1. The summed E-state index contributed by atoms with van der Waals surface area (Å²) in [6.07, 6.45) is 4.76. The number of rotatable bonds is 1. The molecule has 1 aliphatic heterocycles. The molecule has 0 saturated heterocycles. The van der Waals surface area contributed by atoms with Crippen molar-refractivity contribution in [3.05, 3.63) is 36.0 Å². The minimum atomic E-state index is 0.942. The number of hydrogen-bond donors (Lipinski definition) is 1. The van der Waals surface area contributed by atoms with Crippen LogP contribution in [0.2, 0.25) is 0 Å². The second kappa shape index (κ2) is 3.15. The second-order valence-corrected chi connectivity index (χ2v) is 3.26. The highest BCUT2D eigenvalue weighted by molar-refractivity contribution is 7.80. The predicted octanol–water partition coefficient (Wildman–Crippen LogP) is 2.79. The van der Waals surface area contributed by atoms with E-state index in [1.165, 1.54) is 11.1 Å². The topological polar surface area (TPSA) is 12.4 Å². The van der Waals surface area contributed by atoms with Crippen LogP contribution in [0.4, 0.5) is 0 Å². The molecule has 0 unspecified atom stereocenters. The SMILES string of the molecule is Sc1cccc(C2=CN=CC2)c1. The third-order valence-corrected chi connectivity index (χ3v) is 2.14. The van der Waals surface area contributed by atoms with Gasteiger partial charge in [0.2, 0.25) is 0 Å². The molecule has 0 amide bonds. The number of thiol groups is 1. The van der Waals surface area contributed by atoms with Crippen molar-refractivity contribution in [1.29, 1.82) is 0 Å². The molecule has 2 heteroatoms. The fourth-order valence-corrected chi connectivity index (χ4v) is 1.47. The van der Waals surface area contributed by atoms with Crippen molar-refractivity contribution in [3.8, 4) is 0 Å². The number of aliphatic imine (C=N–C) groups is 1. The van der Waals surface area contributed by atoms with Crippen molar-refractivity contribution < 1.29 is 0 Å². The predicted molar refractivity (Wildman–Crippen MR) is 54.8 cm³/mol. The minimum Gasteiger partial charge on any atom is -0.268 e. The highest BCUT2D eigenvalue weighted by Gasteiger charge is 2.03. The molecule has 0 atom stereocenters. The fourth-order valence-electron chi connectivity index (χ4n) is 1.24. The van der Waals surface area contributed by atoms with Crippen molar-refractivity contribution in [1.82, 2.24) is 0 Å². The number of benzene rings is 1. The van der Waals surface area contributed by atoms with Crippen LogP contribution < -0.4 is 0 Å². The fraction of sp³-hybridized carbons (Fsp3) is 0.100. The van der Waals surface area contributed by atoms with Crippen molar-refractivity contribution in [2.24, 2.45) is 4.99 Å². The van der Waals surface area contributed by atoms with Crippen LogP contribution >= 0.6 is 12.6 Å². The summed E-state index contributed by atoms with van der Waals surface area (Å²) in [5.74, 6) is 0. The normalized spacial score (nSPS) is 14.9. The molecule has 1 aliphatic rings. The molecule has 0 bridgehead atoms. The lowest BCUT2D eigenvalue weighted by Gasteiger charge is -2.00. The first-order valence-electron chi connectivity index (χ1n) is 3.86. The van der Waals surface area contributed by atoms with Gasteiger partial charge in [0.15, 0.2) is 0 Å². The van der Waals surface area contributed by atoms with E-state index in [2.05, 4.69) is 29.8 Å². The van der Waals surface area contributed by atoms with E-state index in [4.69, 9.17) is 0 Å². The molecule has 12 heavy (non-hydrogen) atoms. The maximum atomic E-state index is 4.28. The Balaban J connectivity index is 2.35. The summed E-state index contributed by atoms with van der Waals surface area (Å²) < 4.78 is 0. The Labute approximate surface area is 77.2 Å². The zero-order chi connectivity index (χ0) is 8.39. The van der Waals surface area contributed by atoms with Crippen LogP contribution in [0.3, 0.4) is 0 Å². The van der Waals surface area contributed by atoms with Crippen molar-refractivity contribution in [3.63, 3.8) is 0 Å². The summed E-state index contributed by atoms with van der Waals surface area (Å²) in [4.78, 5) is 5.06. The molecule has 0 fully saturated rings. The van der Waals surface area contributed by atoms with Gasteiger partial charge >= 0.3 is 0 Å². The summed E-state index contributed by atoms with van der Waals surface area (Å²) in [6, 6.07) is 8.13. The Morgan fingerprint density at radius 2 is 2.25 bits per heavy atom. The van der Waals surface area contributed by atoms with Crippen LogP contribution in [0, 0.1) is 0 Å². The lowest BCUT2D eigenvalue weighted by atomic mass is 10.1. The quantitative estimate of drug-likeness (QED) is 0.630. The molecule has 0 aromatic heterocycles. The summed E-state index contributed by atoms with van der Waals surface area (Å²) in [6.45, 7) is 0. The smallest absolute Gasteiger partial charge is 0.0305 e. The van der Waals surface area contributed by atoms with Gasteiger partial charge in [-0.15, -0.1) is 12.6 Å². The maximum Gasteiger partial charge on any atom is 0.0305 e. The third kappa shape index (κ3) is 1.43. The van der Waals surface area contributed by atoms with Gasteiger partial charge in [0.25, 0.3) is 0 Å². The maximum absolute atomic E-state index is 4.28. The van der Waals surface area contributed by atoms with Crippen LogP contribution in [-0.2, 0) is 0 Å². The molecule has 0 N–H and O–H groups in total. The van der Waals surface area contributed by atoms with E-state index in [0.29, 0.717) is 0 Å². The van der Waals surface area contributed by atoms with E-state index in [1.807, 2.05) is 24.5 Å². The standard InChI is InChI=1S/C10H9NS/c12-10-3-1-2-8(6-10)9-4-5-11-7-9/h1-3,5-7,12H,4H2. The van der Waals surface area contributed by atoms with Gasteiger partial charge in [-0.2, -0.15) is 0 Å². The van der Waals surface area contributed by atoms with E-state index < -0.39 is 0 Å². The second-order valence-electron chi connectivity index (χ2n) is 2.74. The Hall–Kier alpha value is -1.02. The van der Waals surface area contributed by atoms with Crippen molar-refractivity contribution in [2.45, 2.75) is 11.3 Å². The van der Waals surface area contributed by atoms with Gasteiger partial charge in [-0.3, -0.25) is 4.99 Å². The third-order valence-electron chi connectivity index (χ3n) is 1.86. The summed E-state index contributed by atoms with van der Waals surface area (Å²) >= 11 is 4.28. The monoisotopic (exact) mass is 175 g/mol. The first-order valence-corrected chi connectivity index (χ1v) is 4.31. The lowest BCUT2D eigenvalue weighted by molar-refractivity contribution is 1.41. The summed E-state index contributed by atoms with van der Waals surface area (Å²) in [5, 5.41) is 0. The first-order chi connectivity index (χ1) is 5.86. The zero-order valence-electron chi connectivity index (χ0n) is 6.57.